The molecule has 1 amide bonds. The number of para-hydroxylation sites is 2. The van der Waals surface area contributed by atoms with Gasteiger partial charge in [-0.05, 0) is 59.5 Å². The molecule has 0 aliphatic carbocycles. The highest BCUT2D eigenvalue weighted by Crippen LogP contribution is 2.48. The fraction of sp³-hybridized carbons (Fsp3) is 0.267. The van der Waals surface area contributed by atoms with Gasteiger partial charge in [-0.3, -0.25) is 14.5 Å². The summed E-state index contributed by atoms with van der Waals surface area (Å²) in [5.41, 5.74) is 1.51. The molecule has 0 saturated carbocycles. The van der Waals surface area contributed by atoms with Crippen LogP contribution in [0.4, 0.5) is 5.69 Å². The van der Waals surface area contributed by atoms with Crippen molar-refractivity contribution in [2.45, 2.75) is 25.8 Å². The lowest BCUT2D eigenvalue weighted by Gasteiger charge is -2.27. The van der Waals surface area contributed by atoms with Crippen LogP contribution in [0.5, 0.6) is 28.7 Å². The number of methoxy groups -OCH3 is 4. The van der Waals surface area contributed by atoms with E-state index < -0.39 is 17.7 Å². The van der Waals surface area contributed by atoms with E-state index in [-0.39, 0.29) is 28.7 Å². The van der Waals surface area contributed by atoms with Gasteiger partial charge in [0.1, 0.15) is 17.3 Å². The van der Waals surface area contributed by atoms with Gasteiger partial charge < -0.3 is 29.2 Å². The van der Waals surface area contributed by atoms with Crippen molar-refractivity contribution in [3.05, 3.63) is 76.9 Å². The Hall–Kier alpha value is -4.66. The average molecular weight is 534 g/mol. The van der Waals surface area contributed by atoms with Crippen LogP contribution in [-0.2, 0) is 9.59 Å². The number of aliphatic hydroxyl groups excluding tert-OH is 1. The SMILES string of the molecule is COc1ccc(/C(O)=C2\C(=O)C(=O)N(c3ccccc3O)C2c2cc(OC)c(OC)c(OC)c2)cc1C(C)C. The van der Waals surface area contributed by atoms with Gasteiger partial charge in [-0.2, -0.15) is 0 Å². The molecule has 39 heavy (non-hydrogen) atoms. The van der Waals surface area contributed by atoms with Gasteiger partial charge in [0.2, 0.25) is 5.75 Å². The Kier molecular flexibility index (Phi) is 7.71. The first kappa shape index (κ1) is 27.4. The van der Waals surface area contributed by atoms with E-state index in [4.69, 9.17) is 18.9 Å². The Morgan fingerprint density at radius 1 is 0.846 bits per heavy atom. The van der Waals surface area contributed by atoms with Crippen molar-refractivity contribution in [2.24, 2.45) is 0 Å². The first-order valence-electron chi connectivity index (χ1n) is 12.3. The second kappa shape index (κ2) is 11.0. The lowest BCUT2D eigenvalue weighted by molar-refractivity contribution is -0.132. The zero-order valence-electron chi connectivity index (χ0n) is 22.6. The molecule has 204 valence electrons. The normalized spacial score (nSPS) is 16.5. The average Bonchev–Trinajstić information content (AvgIpc) is 3.21. The molecule has 0 spiro atoms. The van der Waals surface area contributed by atoms with Crippen molar-refractivity contribution in [2.75, 3.05) is 33.3 Å². The minimum Gasteiger partial charge on any atom is -0.507 e. The van der Waals surface area contributed by atoms with Crippen LogP contribution in [-0.4, -0.2) is 50.3 Å². The van der Waals surface area contributed by atoms with Crippen molar-refractivity contribution in [3.63, 3.8) is 0 Å². The molecule has 1 fully saturated rings. The predicted molar refractivity (Wildman–Crippen MR) is 146 cm³/mol. The molecule has 1 heterocycles. The second-order valence-electron chi connectivity index (χ2n) is 9.23. The van der Waals surface area contributed by atoms with E-state index in [1.54, 1.807) is 49.6 Å². The molecule has 2 N–H and O–H groups in total. The van der Waals surface area contributed by atoms with E-state index in [0.717, 1.165) is 10.5 Å². The number of hydrogen-bond donors (Lipinski definition) is 2. The quantitative estimate of drug-likeness (QED) is 0.231. The number of Topliss-reactive ketones (excluding diaryl/α,β-unsaturated/α-hetero) is 1. The molecular formula is C30H31NO8. The number of phenols is 1. The van der Waals surface area contributed by atoms with Gasteiger partial charge in [-0.25, -0.2) is 0 Å². The number of amides is 1. The van der Waals surface area contributed by atoms with Gasteiger partial charge in [0.15, 0.2) is 11.5 Å². The van der Waals surface area contributed by atoms with Crippen LogP contribution in [0.1, 0.15) is 42.5 Å². The molecule has 0 radical (unpaired) electrons. The van der Waals surface area contributed by atoms with Gasteiger partial charge in [-0.15, -0.1) is 0 Å². The number of anilines is 1. The van der Waals surface area contributed by atoms with Gasteiger partial charge >= 0.3 is 0 Å². The number of carbonyl (C=O) groups is 2. The molecule has 1 aliphatic heterocycles. The van der Waals surface area contributed by atoms with Crippen molar-refractivity contribution in [1.29, 1.82) is 0 Å². The fourth-order valence-electron chi connectivity index (χ4n) is 4.81. The molecule has 1 atom stereocenters. The lowest BCUT2D eigenvalue weighted by atomic mass is 9.92. The monoisotopic (exact) mass is 533 g/mol. The number of aromatic hydroxyl groups is 1. The summed E-state index contributed by atoms with van der Waals surface area (Å²) in [5, 5.41) is 22.2. The highest BCUT2D eigenvalue weighted by Gasteiger charge is 2.48. The number of ether oxygens (including phenoxy) is 4. The summed E-state index contributed by atoms with van der Waals surface area (Å²) >= 11 is 0. The number of phenolic OH excluding ortho intramolecular Hbond substituents is 1. The Bertz CT molecular complexity index is 1430. The van der Waals surface area contributed by atoms with Gasteiger partial charge in [-0.1, -0.05) is 26.0 Å². The third-order valence-corrected chi connectivity index (χ3v) is 6.71. The lowest BCUT2D eigenvalue weighted by Crippen LogP contribution is -2.29. The minimum absolute atomic E-state index is 0.0577. The molecule has 9 heteroatoms. The first-order chi connectivity index (χ1) is 18.7. The predicted octanol–water partition coefficient (Wildman–Crippen LogP) is 5.18. The Balaban J connectivity index is 2.04. The largest absolute Gasteiger partial charge is 0.507 e. The maximum atomic E-state index is 13.6. The maximum absolute atomic E-state index is 13.6. The highest BCUT2D eigenvalue weighted by atomic mass is 16.5. The third-order valence-electron chi connectivity index (χ3n) is 6.71. The number of ketones is 1. The molecule has 1 saturated heterocycles. The number of benzene rings is 3. The van der Waals surface area contributed by atoms with Crippen LogP contribution in [0.3, 0.4) is 0 Å². The van der Waals surface area contributed by atoms with E-state index in [0.29, 0.717) is 34.1 Å². The fourth-order valence-corrected chi connectivity index (χ4v) is 4.81. The Morgan fingerprint density at radius 3 is 2.00 bits per heavy atom. The minimum atomic E-state index is -1.13. The molecule has 1 unspecified atom stereocenters. The van der Waals surface area contributed by atoms with Crippen molar-refractivity contribution >= 4 is 23.1 Å². The number of carbonyl (C=O) groups excluding carboxylic acids is 2. The molecule has 0 aromatic heterocycles. The standard InChI is InChI=1S/C30H31NO8/c1-16(2)19-13-17(11-12-22(19)36-3)27(33)25-26(18-14-23(37-4)29(39-6)24(15-18)38-5)31(30(35)28(25)34)20-9-7-8-10-21(20)32/h7-16,26,32-33H,1-6H3/b27-25+. The summed E-state index contributed by atoms with van der Waals surface area (Å²) in [4.78, 5) is 28.2. The van der Waals surface area contributed by atoms with Gasteiger partial charge in [0.25, 0.3) is 11.7 Å². The first-order valence-corrected chi connectivity index (χ1v) is 12.3. The van der Waals surface area contributed by atoms with Crippen molar-refractivity contribution in [3.8, 4) is 28.7 Å². The maximum Gasteiger partial charge on any atom is 0.300 e. The van der Waals surface area contributed by atoms with Crippen LogP contribution >= 0.6 is 0 Å². The highest BCUT2D eigenvalue weighted by molar-refractivity contribution is 6.52. The van der Waals surface area contributed by atoms with E-state index in [1.807, 2.05) is 13.8 Å². The molecule has 0 bridgehead atoms. The van der Waals surface area contributed by atoms with E-state index in [1.165, 1.54) is 33.5 Å². The summed E-state index contributed by atoms with van der Waals surface area (Å²) in [6.07, 6.45) is 0. The van der Waals surface area contributed by atoms with Crippen molar-refractivity contribution < 1.29 is 38.7 Å². The molecule has 3 aromatic rings. The summed E-state index contributed by atoms with van der Waals surface area (Å²) in [6, 6.07) is 13.3. The molecule has 3 aromatic carbocycles. The van der Waals surface area contributed by atoms with Crippen LogP contribution in [0.15, 0.2) is 60.2 Å². The van der Waals surface area contributed by atoms with Crippen LogP contribution in [0.2, 0.25) is 0 Å². The van der Waals surface area contributed by atoms with Crippen molar-refractivity contribution in [1.82, 2.24) is 0 Å². The Morgan fingerprint density at radius 2 is 1.46 bits per heavy atom. The molecule has 9 nitrogen and oxygen atoms in total. The number of rotatable bonds is 8. The number of aliphatic hydroxyl groups is 1. The third kappa shape index (κ3) is 4.71. The number of nitrogens with zero attached hydrogens (tertiary/aromatic N) is 1. The molecular weight excluding hydrogens is 502 g/mol. The Labute approximate surface area is 226 Å². The summed E-state index contributed by atoms with van der Waals surface area (Å²) in [7, 11) is 5.92. The van der Waals surface area contributed by atoms with E-state index in [2.05, 4.69) is 0 Å². The summed E-state index contributed by atoms with van der Waals surface area (Å²) in [6.45, 7) is 3.96. The van der Waals surface area contributed by atoms with Crippen LogP contribution in [0, 0.1) is 0 Å². The molecule has 4 rings (SSSR count). The van der Waals surface area contributed by atoms with Crippen LogP contribution < -0.4 is 23.8 Å². The van der Waals surface area contributed by atoms with E-state index in [9.17, 15) is 19.8 Å². The van der Waals surface area contributed by atoms with E-state index >= 15 is 0 Å². The zero-order valence-corrected chi connectivity index (χ0v) is 22.6. The van der Waals surface area contributed by atoms with Crippen LogP contribution in [0.25, 0.3) is 5.76 Å². The van der Waals surface area contributed by atoms with Gasteiger partial charge in [0, 0.05) is 5.56 Å². The summed E-state index contributed by atoms with van der Waals surface area (Å²) < 4.78 is 21.9. The van der Waals surface area contributed by atoms with Gasteiger partial charge in [0.05, 0.1) is 45.7 Å². The summed E-state index contributed by atoms with van der Waals surface area (Å²) in [5.74, 6) is -0.786. The number of hydrogen-bond acceptors (Lipinski definition) is 8. The second-order valence-corrected chi connectivity index (χ2v) is 9.23. The smallest absolute Gasteiger partial charge is 0.300 e. The molecule has 1 aliphatic rings. The topological polar surface area (TPSA) is 115 Å². The zero-order chi connectivity index (χ0) is 28.4.